The number of ether oxygens (including phenoxy) is 1. The molecule has 0 atom stereocenters. The van der Waals surface area contributed by atoms with E-state index >= 15 is 0 Å². The molecule has 0 aliphatic rings. The normalized spacial score (nSPS) is 10.5. The highest BCUT2D eigenvalue weighted by Crippen LogP contribution is 2.20. The second kappa shape index (κ2) is 8.34. The standard InChI is InChI=1S/C20H18IN3O3/c1-3-27-20(26)17-12-22-24(13(17)2)15-8-6-7-14(11-15)23-19(25)16-9-4-5-10-18(16)21/h4-12H,3H2,1-2H3,(H,23,25). The van der Waals surface area contributed by atoms with Crippen LogP contribution in [0.25, 0.3) is 5.69 Å². The van der Waals surface area contributed by atoms with Gasteiger partial charge in [-0.15, -0.1) is 0 Å². The quantitative estimate of drug-likeness (QED) is 0.443. The molecule has 7 heteroatoms. The van der Waals surface area contributed by atoms with Crippen molar-refractivity contribution in [3.63, 3.8) is 0 Å². The third kappa shape index (κ3) is 4.19. The Morgan fingerprint density at radius 3 is 2.67 bits per heavy atom. The van der Waals surface area contributed by atoms with E-state index in [9.17, 15) is 9.59 Å². The summed E-state index contributed by atoms with van der Waals surface area (Å²) in [4.78, 5) is 24.5. The molecule has 0 spiro atoms. The van der Waals surface area contributed by atoms with Gasteiger partial charge in [-0.2, -0.15) is 5.10 Å². The van der Waals surface area contributed by atoms with Crippen LogP contribution in [-0.2, 0) is 4.74 Å². The third-order valence-electron chi connectivity index (χ3n) is 3.97. The third-order valence-corrected chi connectivity index (χ3v) is 4.91. The zero-order valence-corrected chi connectivity index (χ0v) is 17.1. The first-order chi connectivity index (χ1) is 13.0. The fourth-order valence-electron chi connectivity index (χ4n) is 2.64. The summed E-state index contributed by atoms with van der Waals surface area (Å²) in [5, 5.41) is 7.19. The molecule has 0 aliphatic heterocycles. The van der Waals surface area contributed by atoms with Crippen LogP contribution in [0.15, 0.2) is 54.7 Å². The van der Waals surface area contributed by atoms with Crippen molar-refractivity contribution >= 4 is 40.2 Å². The Morgan fingerprint density at radius 1 is 1.15 bits per heavy atom. The lowest BCUT2D eigenvalue weighted by Gasteiger charge is -2.10. The Bertz CT molecular complexity index is 998. The van der Waals surface area contributed by atoms with Crippen LogP contribution in [0.5, 0.6) is 0 Å². The summed E-state index contributed by atoms with van der Waals surface area (Å²) in [7, 11) is 0. The number of amides is 1. The number of carbonyl (C=O) groups is 2. The SMILES string of the molecule is CCOC(=O)c1cnn(-c2cccc(NC(=O)c3ccccc3I)c2)c1C. The lowest BCUT2D eigenvalue weighted by molar-refractivity contribution is 0.0525. The van der Waals surface area contributed by atoms with Gasteiger partial charge in [0.15, 0.2) is 0 Å². The van der Waals surface area contributed by atoms with Gasteiger partial charge in [0.2, 0.25) is 0 Å². The number of anilines is 1. The molecule has 1 aromatic heterocycles. The maximum Gasteiger partial charge on any atom is 0.341 e. The fraction of sp³-hybridized carbons (Fsp3) is 0.150. The number of nitrogens with zero attached hydrogens (tertiary/aromatic N) is 2. The smallest absolute Gasteiger partial charge is 0.341 e. The van der Waals surface area contributed by atoms with E-state index in [4.69, 9.17) is 4.74 Å². The molecule has 3 rings (SSSR count). The molecule has 0 fully saturated rings. The van der Waals surface area contributed by atoms with Crippen LogP contribution in [0.4, 0.5) is 5.69 Å². The number of aromatic nitrogens is 2. The van der Waals surface area contributed by atoms with Gasteiger partial charge in [-0.1, -0.05) is 18.2 Å². The Balaban J connectivity index is 1.85. The largest absolute Gasteiger partial charge is 0.462 e. The van der Waals surface area contributed by atoms with Gasteiger partial charge >= 0.3 is 5.97 Å². The summed E-state index contributed by atoms with van der Waals surface area (Å²) in [5.74, 6) is -0.578. The summed E-state index contributed by atoms with van der Waals surface area (Å²) < 4.78 is 7.57. The fourth-order valence-corrected chi connectivity index (χ4v) is 3.27. The number of carbonyl (C=O) groups excluding carboxylic acids is 2. The maximum atomic E-state index is 12.5. The zero-order chi connectivity index (χ0) is 19.4. The zero-order valence-electron chi connectivity index (χ0n) is 14.9. The molecular weight excluding hydrogens is 457 g/mol. The first-order valence-electron chi connectivity index (χ1n) is 8.39. The van der Waals surface area contributed by atoms with Gasteiger partial charge in [0.05, 0.1) is 29.7 Å². The molecule has 0 saturated carbocycles. The van der Waals surface area contributed by atoms with Crippen LogP contribution >= 0.6 is 22.6 Å². The first-order valence-corrected chi connectivity index (χ1v) is 9.47. The Labute approximate surface area is 170 Å². The van der Waals surface area contributed by atoms with E-state index in [-0.39, 0.29) is 5.91 Å². The predicted molar refractivity (Wildman–Crippen MR) is 111 cm³/mol. The number of halogens is 1. The number of hydrogen-bond donors (Lipinski definition) is 1. The lowest BCUT2D eigenvalue weighted by Crippen LogP contribution is -2.13. The van der Waals surface area contributed by atoms with Crippen LogP contribution in [0.3, 0.4) is 0 Å². The number of benzene rings is 2. The van der Waals surface area contributed by atoms with Crippen molar-refractivity contribution in [2.45, 2.75) is 13.8 Å². The topological polar surface area (TPSA) is 73.2 Å². The first kappa shape index (κ1) is 19.1. The van der Waals surface area contributed by atoms with Crippen molar-refractivity contribution < 1.29 is 14.3 Å². The number of nitrogens with one attached hydrogen (secondary N) is 1. The molecule has 1 amide bonds. The van der Waals surface area contributed by atoms with Crippen molar-refractivity contribution in [2.24, 2.45) is 0 Å². The second-order valence-electron chi connectivity index (χ2n) is 5.76. The molecule has 0 aliphatic carbocycles. The Morgan fingerprint density at radius 2 is 1.93 bits per heavy atom. The maximum absolute atomic E-state index is 12.5. The molecule has 0 bridgehead atoms. The highest BCUT2D eigenvalue weighted by atomic mass is 127. The summed E-state index contributed by atoms with van der Waals surface area (Å²) in [6.45, 7) is 3.87. The van der Waals surface area contributed by atoms with Crippen LogP contribution < -0.4 is 5.32 Å². The van der Waals surface area contributed by atoms with E-state index in [0.717, 1.165) is 9.26 Å². The van der Waals surface area contributed by atoms with E-state index in [1.807, 2.05) is 42.5 Å². The van der Waals surface area contributed by atoms with Gasteiger partial charge < -0.3 is 10.1 Å². The number of hydrogen-bond acceptors (Lipinski definition) is 4. The van der Waals surface area contributed by atoms with Crippen molar-refractivity contribution in [1.82, 2.24) is 9.78 Å². The molecule has 138 valence electrons. The van der Waals surface area contributed by atoms with Crippen molar-refractivity contribution in [1.29, 1.82) is 0 Å². The molecule has 1 heterocycles. The molecule has 0 radical (unpaired) electrons. The van der Waals surface area contributed by atoms with E-state index in [1.54, 1.807) is 24.6 Å². The number of esters is 1. The van der Waals surface area contributed by atoms with Crippen molar-refractivity contribution in [3.8, 4) is 5.69 Å². The minimum atomic E-state index is -0.399. The van der Waals surface area contributed by atoms with Gasteiger partial charge in [0.1, 0.15) is 5.56 Å². The van der Waals surface area contributed by atoms with Gasteiger partial charge in [-0.25, -0.2) is 9.48 Å². The second-order valence-corrected chi connectivity index (χ2v) is 6.92. The van der Waals surface area contributed by atoms with Gasteiger partial charge in [-0.05, 0) is 66.8 Å². The van der Waals surface area contributed by atoms with E-state index in [2.05, 4.69) is 33.0 Å². The molecule has 2 aromatic carbocycles. The summed E-state index contributed by atoms with van der Waals surface area (Å²) in [6, 6.07) is 14.7. The molecule has 3 aromatic rings. The minimum Gasteiger partial charge on any atom is -0.462 e. The van der Waals surface area contributed by atoms with Crippen LogP contribution in [0, 0.1) is 10.5 Å². The lowest BCUT2D eigenvalue weighted by atomic mass is 10.2. The monoisotopic (exact) mass is 475 g/mol. The molecule has 0 unspecified atom stereocenters. The van der Waals surface area contributed by atoms with Gasteiger partial charge in [0, 0.05) is 9.26 Å². The minimum absolute atomic E-state index is 0.179. The van der Waals surface area contributed by atoms with Crippen LogP contribution in [0.1, 0.15) is 33.3 Å². The van der Waals surface area contributed by atoms with Crippen LogP contribution in [-0.4, -0.2) is 28.3 Å². The van der Waals surface area contributed by atoms with Gasteiger partial charge in [-0.3, -0.25) is 4.79 Å². The highest BCUT2D eigenvalue weighted by molar-refractivity contribution is 14.1. The average Bonchev–Trinajstić information content (AvgIpc) is 3.04. The Kier molecular flexibility index (Phi) is 5.90. The van der Waals surface area contributed by atoms with E-state index < -0.39 is 5.97 Å². The highest BCUT2D eigenvalue weighted by Gasteiger charge is 2.16. The van der Waals surface area contributed by atoms with E-state index in [1.165, 1.54) is 6.20 Å². The van der Waals surface area contributed by atoms with Gasteiger partial charge in [0.25, 0.3) is 5.91 Å². The van der Waals surface area contributed by atoms with Crippen molar-refractivity contribution in [2.75, 3.05) is 11.9 Å². The molecule has 27 heavy (non-hydrogen) atoms. The van der Waals surface area contributed by atoms with Crippen molar-refractivity contribution in [3.05, 3.63) is 75.1 Å². The summed E-state index contributed by atoms with van der Waals surface area (Å²) in [5.41, 5.74) is 3.09. The molecular formula is C20H18IN3O3. The summed E-state index contributed by atoms with van der Waals surface area (Å²) in [6.07, 6.45) is 1.49. The predicted octanol–water partition coefficient (Wildman–Crippen LogP) is 4.21. The molecule has 6 nitrogen and oxygen atoms in total. The van der Waals surface area contributed by atoms with Crippen LogP contribution in [0.2, 0.25) is 0 Å². The Hall–Kier alpha value is -2.68. The molecule has 1 N–H and O–H groups in total. The number of rotatable bonds is 5. The molecule has 0 saturated heterocycles. The van der Waals surface area contributed by atoms with E-state index in [0.29, 0.717) is 29.1 Å². The summed E-state index contributed by atoms with van der Waals surface area (Å²) >= 11 is 2.14. The average molecular weight is 475 g/mol.